The zero-order valence-electron chi connectivity index (χ0n) is 7.58. The fourth-order valence-corrected chi connectivity index (χ4v) is 1.84. The van der Waals surface area contributed by atoms with Gasteiger partial charge in [0.1, 0.15) is 5.82 Å². The van der Waals surface area contributed by atoms with Crippen LogP contribution in [0, 0.1) is 0 Å². The summed E-state index contributed by atoms with van der Waals surface area (Å²) in [5.74, 6) is 0.975. The lowest BCUT2D eigenvalue weighted by molar-refractivity contribution is 0.877. The molecule has 3 heteroatoms. The van der Waals surface area contributed by atoms with Crippen LogP contribution in [-0.2, 0) is 12.8 Å². The van der Waals surface area contributed by atoms with Crippen LogP contribution in [-0.4, -0.2) is 16.2 Å². The summed E-state index contributed by atoms with van der Waals surface area (Å²) in [6.07, 6.45) is 6.13. The molecule has 2 aliphatic carbocycles. The van der Waals surface area contributed by atoms with E-state index < -0.39 is 0 Å². The van der Waals surface area contributed by atoms with Gasteiger partial charge in [-0.1, -0.05) is 0 Å². The summed E-state index contributed by atoms with van der Waals surface area (Å²) in [5.41, 5.74) is 2.61. The zero-order valence-corrected chi connectivity index (χ0v) is 7.58. The van der Waals surface area contributed by atoms with Crippen molar-refractivity contribution in [2.24, 2.45) is 0 Å². The molecule has 0 aliphatic heterocycles. The Hall–Kier alpha value is -1.12. The summed E-state index contributed by atoms with van der Waals surface area (Å²) < 4.78 is 0. The van der Waals surface area contributed by atoms with Gasteiger partial charge in [0.05, 0.1) is 5.69 Å². The molecule has 1 saturated carbocycles. The Kier molecular flexibility index (Phi) is 1.51. The molecule has 0 spiro atoms. The second-order valence-electron chi connectivity index (χ2n) is 3.97. The first-order valence-electron chi connectivity index (χ1n) is 5.04. The van der Waals surface area contributed by atoms with Gasteiger partial charge in [-0.05, 0) is 43.7 Å². The van der Waals surface area contributed by atoms with Crippen molar-refractivity contribution in [1.82, 2.24) is 10.2 Å². The molecule has 0 saturated heterocycles. The molecule has 68 valence electrons. The molecule has 0 radical (unpaired) electrons. The number of fused-ring (bicyclic) bond motifs is 1. The lowest BCUT2D eigenvalue weighted by Gasteiger charge is -2.03. The van der Waals surface area contributed by atoms with E-state index in [1.54, 1.807) is 0 Å². The van der Waals surface area contributed by atoms with E-state index in [1.165, 1.54) is 36.9 Å². The summed E-state index contributed by atoms with van der Waals surface area (Å²) in [5, 5.41) is 11.8. The SMILES string of the molecule is c1c(NC2CC2)nnc2c1CCC2. The highest BCUT2D eigenvalue weighted by molar-refractivity contribution is 5.41. The van der Waals surface area contributed by atoms with Gasteiger partial charge in [0.25, 0.3) is 0 Å². The smallest absolute Gasteiger partial charge is 0.149 e. The van der Waals surface area contributed by atoms with Crippen LogP contribution in [0.5, 0.6) is 0 Å². The largest absolute Gasteiger partial charge is 0.366 e. The number of nitrogens with zero attached hydrogens (tertiary/aromatic N) is 2. The molecule has 0 atom stereocenters. The minimum Gasteiger partial charge on any atom is -0.366 e. The summed E-state index contributed by atoms with van der Waals surface area (Å²) in [6, 6.07) is 2.85. The van der Waals surface area contributed by atoms with E-state index in [0.717, 1.165) is 12.2 Å². The van der Waals surface area contributed by atoms with Gasteiger partial charge in [0, 0.05) is 6.04 Å². The molecule has 1 aromatic heterocycles. The fourth-order valence-electron chi connectivity index (χ4n) is 1.84. The average molecular weight is 175 g/mol. The van der Waals surface area contributed by atoms with Crippen LogP contribution in [0.2, 0.25) is 0 Å². The molecular formula is C10H13N3. The molecule has 1 fully saturated rings. The molecule has 1 N–H and O–H groups in total. The first kappa shape index (κ1) is 7.30. The molecule has 2 aliphatic rings. The maximum Gasteiger partial charge on any atom is 0.149 e. The molecule has 1 heterocycles. The van der Waals surface area contributed by atoms with Crippen molar-refractivity contribution >= 4 is 5.82 Å². The number of hydrogen-bond donors (Lipinski definition) is 1. The monoisotopic (exact) mass is 175 g/mol. The molecule has 0 unspecified atom stereocenters. The number of nitrogens with one attached hydrogen (secondary N) is 1. The standard InChI is InChI=1S/C10H13N3/c1-2-7-6-10(11-8-4-5-8)13-12-9(7)3-1/h6,8H,1-5H2,(H,11,13). The van der Waals surface area contributed by atoms with E-state index in [9.17, 15) is 0 Å². The van der Waals surface area contributed by atoms with E-state index in [0.29, 0.717) is 6.04 Å². The highest BCUT2D eigenvalue weighted by Crippen LogP contribution is 2.26. The van der Waals surface area contributed by atoms with E-state index in [2.05, 4.69) is 21.6 Å². The van der Waals surface area contributed by atoms with Crippen LogP contribution in [0.3, 0.4) is 0 Å². The molecule has 3 rings (SSSR count). The topological polar surface area (TPSA) is 37.8 Å². The van der Waals surface area contributed by atoms with Crippen molar-refractivity contribution in [1.29, 1.82) is 0 Å². The Morgan fingerprint density at radius 1 is 1.23 bits per heavy atom. The van der Waals surface area contributed by atoms with Crippen LogP contribution in [0.25, 0.3) is 0 Å². The van der Waals surface area contributed by atoms with Crippen molar-refractivity contribution in [3.8, 4) is 0 Å². The molecule has 0 amide bonds. The molecule has 0 bridgehead atoms. The van der Waals surface area contributed by atoms with Gasteiger partial charge in [0.15, 0.2) is 0 Å². The van der Waals surface area contributed by atoms with Gasteiger partial charge in [-0.3, -0.25) is 0 Å². The molecular weight excluding hydrogens is 162 g/mol. The normalized spacial score (nSPS) is 20.0. The van der Waals surface area contributed by atoms with Gasteiger partial charge in [-0.15, -0.1) is 5.10 Å². The zero-order chi connectivity index (χ0) is 8.67. The van der Waals surface area contributed by atoms with Crippen LogP contribution >= 0.6 is 0 Å². The van der Waals surface area contributed by atoms with Gasteiger partial charge in [-0.2, -0.15) is 5.10 Å². The second kappa shape index (κ2) is 2.69. The van der Waals surface area contributed by atoms with Crippen LogP contribution in [0.15, 0.2) is 6.07 Å². The van der Waals surface area contributed by atoms with Gasteiger partial charge < -0.3 is 5.32 Å². The predicted octanol–water partition coefficient (Wildman–Crippen LogP) is 1.54. The molecule has 1 aromatic rings. The van der Waals surface area contributed by atoms with E-state index in [1.807, 2.05) is 0 Å². The average Bonchev–Trinajstić information content (AvgIpc) is 2.83. The van der Waals surface area contributed by atoms with Crippen LogP contribution < -0.4 is 5.32 Å². The minimum atomic E-state index is 0.675. The number of hydrogen-bond acceptors (Lipinski definition) is 3. The van der Waals surface area contributed by atoms with Gasteiger partial charge >= 0.3 is 0 Å². The van der Waals surface area contributed by atoms with Crippen molar-refractivity contribution in [2.45, 2.75) is 38.1 Å². The van der Waals surface area contributed by atoms with E-state index in [-0.39, 0.29) is 0 Å². The number of rotatable bonds is 2. The fraction of sp³-hybridized carbons (Fsp3) is 0.600. The Bertz CT molecular complexity index is 331. The van der Waals surface area contributed by atoms with Crippen molar-refractivity contribution in [2.75, 3.05) is 5.32 Å². The van der Waals surface area contributed by atoms with Crippen molar-refractivity contribution in [3.05, 3.63) is 17.3 Å². The van der Waals surface area contributed by atoms with Gasteiger partial charge in [-0.25, -0.2) is 0 Å². The maximum atomic E-state index is 4.23. The molecule has 13 heavy (non-hydrogen) atoms. The first-order chi connectivity index (χ1) is 6.42. The number of anilines is 1. The Balaban J connectivity index is 1.86. The number of aromatic nitrogens is 2. The van der Waals surface area contributed by atoms with Crippen LogP contribution in [0.1, 0.15) is 30.5 Å². The highest BCUT2D eigenvalue weighted by Gasteiger charge is 2.22. The van der Waals surface area contributed by atoms with E-state index in [4.69, 9.17) is 0 Å². The van der Waals surface area contributed by atoms with Crippen LogP contribution in [0.4, 0.5) is 5.82 Å². The molecule has 3 nitrogen and oxygen atoms in total. The Labute approximate surface area is 77.6 Å². The third-order valence-corrected chi connectivity index (χ3v) is 2.75. The second-order valence-corrected chi connectivity index (χ2v) is 3.97. The quantitative estimate of drug-likeness (QED) is 0.741. The third kappa shape index (κ3) is 1.39. The third-order valence-electron chi connectivity index (χ3n) is 2.75. The van der Waals surface area contributed by atoms with E-state index >= 15 is 0 Å². The summed E-state index contributed by atoms with van der Waals surface area (Å²) in [7, 11) is 0. The van der Waals surface area contributed by atoms with Crippen molar-refractivity contribution in [3.63, 3.8) is 0 Å². The lowest BCUT2D eigenvalue weighted by Crippen LogP contribution is -2.05. The minimum absolute atomic E-state index is 0.675. The Morgan fingerprint density at radius 3 is 3.00 bits per heavy atom. The predicted molar refractivity (Wildman–Crippen MR) is 50.7 cm³/mol. The summed E-state index contributed by atoms with van der Waals surface area (Å²) in [6.45, 7) is 0. The first-order valence-corrected chi connectivity index (χ1v) is 5.04. The van der Waals surface area contributed by atoms with Gasteiger partial charge in [0.2, 0.25) is 0 Å². The lowest BCUT2D eigenvalue weighted by atomic mass is 10.2. The number of aryl methyl sites for hydroxylation is 2. The molecule has 0 aromatic carbocycles. The van der Waals surface area contributed by atoms with Crippen molar-refractivity contribution < 1.29 is 0 Å². The maximum absolute atomic E-state index is 4.23. The Morgan fingerprint density at radius 2 is 2.15 bits per heavy atom. The highest BCUT2D eigenvalue weighted by atomic mass is 15.2. The summed E-state index contributed by atoms with van der Waals surface area (Å²) in [4.78, 5) is 0. The summed E-state index contributed by atoms with van der Waals surface area (Å²) >= 11 is 0.